The van der Waals surface area contributed by atoms with Crippen molar-refractivity contribution in [2.75, 3.05) is 7.11 Å². The number of H-pyrrole nitrogens is 1. The van der Waals surface area contributed by atoms with Crippen LogP contribution in [0, 0.1) is 18.3 Å². The van der Waals surface area contributed by atoms with Gasteiger partial charge in [0, 0.05) is 16.8 Å². The van der Waals surface area contributed by atoms with E-state index in [1.54, 1.807) is 7.11 Å². The normalized spacial score (nSPS) is 10.2. The predicted molar refractivity (Wildman–Crippen MR) is 93.9 cm³/mol. The zero-order chi connectivity index (χ0) is 17.1. The Balaban J connectivity index is 2.29. The average Bonchev–Trinajstić information content (AvgIpc) is 2.61. The minimum Gasteiger partial charge on any atom is -0.496 e. The van der Waals surface area contributed by atoms with Gasteiger partial charge in [-0.1, -0.05) is 42.0 Å². The highest BCUT2D eigenvalue weighted by atomic mass is 16.5. The van der Waals surface area contributed by atoms with Crippen LogP contribution in [0.4, 0.5) is 0 Å². The van der Waals surface area contributed by atoms with Gasteiger partial charge in [0.05, 0.1) is 7.11 Å². The van der Waals surface area contributed by atoms with Crippen LogP contribution in [0.25, 0.3) is 22.4 Å². The second kappa shape index (κ2) is 6.43. The molecule has 2 aromatic carbocycles. The standard InChI is InChI=1S/C20H16N2O2/c1-13-6-5-7-14(10-13)18-11-16(17(12-21)20(23)22-18)15-8-3-4-9-19(15)24-2/h3-11H,1-2H3,(H,22,23). The van der Waals surface area contributed by atoms with Crippen LogP contribution in [0.2, 0.25) is 0 Å². The lowest BCUT2D eigenvalue weighted by Gasteiger charge is -2.11. The van der Waals surface area contributed by atoms with Gasteiger partial charge in [0.25, 0.3) is 5.56 Å². The number of para-hydroxylation sites is 1. The lowest BCUT2D eigenvalue weighted by molar-refractivity contribution is 0.416. The van der Waals surface area contributed by atoms with E-state index in [1.807, 2.05) is 67.6 Å². The van der Waals surface area contributed by atoms with Crippen molar-refractivity contribution in [3.05, 3.63) is 76.1 Å². The molecule has 0 amide bonds. The van der Waals surface area contributed by atoms with Crippen LogP contribution in [0.3, 0.4) is 0 Å². The summed E-state index contributed by atoms with van der Waals surface area (Å²) >= 11 is 0. The molecule has 0 radical (unpaired) electrons. The Kier molecular flexibility index (Phi) is 4.17. The maximum Gasteiger partial charge on any atom is 0.266 e. The second-order valence-corrected chi connectivity index (χ2v) is 5.48. The van der Waals surface area contributed by atoms with E-state index < -0.39 is 5.56 Å². The molecule has 4 heteroatoms. The van der Waals surface area contributed by atoms with Crippen molar-refractivity contribution in [1.82, 2.24) is 4.98 Å². The molecule has 3 rings (SSSR count). The quantitative estimate of drug-likeness (QED) is 0.797. The van der Waals surface area contributed by atoms with Gasteiger partial charge < -0.3 is 9.72 Å². The van der Waals surface area contributed by atoms with E-state index in [9.17, 15) is 10.1 Å². The van der Waals surface area contributed by atoms with E-state index in [0.29, 0.717) is 17.0 Å². The van der Waals surface area contributed by atoms with E-state index in [4.69, 9.17) is 4.74 Å². The molecule has 0 aliphatic rings. The first kappa shape index (κ1) is 15.6. The van der Waals surface area contributed by atoms with E-state index >= 15 is 0 Å². The number of ether oxygens (including phenoxy) is 1. The molecule has 0 bridgehead atoms. The number of hydrogen-bond acceptors (Lipinski definition) is 3. The van der Waals surface area contributed by atoms with Crippen LogP contribution >= 0.6 is 0 Å². The molecule has 0 saturated heterocycles. The molecule has 4 nitrogen and oxygen atoms in total. The molecule has 3 aromatic rings. The number of hydrogen-bond donors (Lipinski definition) is 1. The molecule has 24 heavy (non-hydrogen) atoms. The van der Waals surface area contributed by atoms with Gasteiger partial charge in [-0.2, -0.15) is 5.26 Å². The summed E-state index contributed by atoms with van der Waals surface area (Å²) in [6.45, 7) is 1.99. The number of aromatic amines is 1. The van der Waals surface area contributed by atoms with E-state index in [1.165, 1.54) is 0 Å². The minimum absolute atomic E-state index is 0.0795. The first-order chi connectivity index (χ1) is 11.6. The van der Waals surface area contributed by atoms with Crippen molar-refractivity contribution >= 4 is 0 Å². The molecule has 0 aliphatic carbocycles. The summed E-state index contributed by atoms with van der Waals surface area (Å²) in [4.78, 5) is 15.2. The van der Waals surface area contributed by atoms with Crippen LogP contribution in [-0.4, -0.2) is 12.1 Å². The number of pyridine rings is 1. The van der Waals surface area contributed by atoms with E-state index in [2.05, 4.69) is 4.98 Å². The van der Waals surface area contributed by atoms with Gasteiger partial charge in [0.2, 0.25) is 0 Å². The van der Waals surface area contributed by atoms with Crippen molar-refractivity contribution in [1.29, 1.82) is 5.26 Å². The Labute approximate surface area is 140 Å². The number of rotatable bonds is 3. The van der Waals surface area contributed by atoms with Gasteiger partial charge in [-0.3, -0.25) is 4.79 Å². The molecular weight excluding hydrogens is 300 g/mol. The average molecular weight is 316 g/mol. The van der Waals surface area contributed by atoms with Crippen LogP contribution in [0.5, 0.6) is 5.75 Å². The Morgan fingerprint density at radius 1 is 1.04 bits per heavy atom. The Morgan fingerprint density at radius 2 is 1.83 bits per heavy atom. The zero-order valence-corrected chi connectivity index (χ0v) is 13.5. The fourth-order valence-electron chi connectivity index (χ4n) is 2.72. The Bertz CT molecular complexity index is 997. The van der Waals surface area contributed by atoms with Crippen LogP contribution in [0.15, 0.2) is 59.4 Å². The third-order valence-electron chi connectivity index (χ3n) is 3.87. The fraction of sp³-hybridized carbons (Fsp3) is 0.100. The van der Waals surface area contributed by atoms with Gasteiger partial charge >= 0.3 is 0 Å². The SMILES string of the molecule is COc1ccccc1-c1cc(-c2cccc(C)c2)[nH]c(=O)c1C#N. The van der Waals surface area contributed by atoms with Crippen molar-refractivity contribution in [3.63, 3.8) is 0 Å². The molecule has 1 heterocycles. The molecule has 0 fully saturated rings. The highest BCUT2D eigenvalue weighted by Gasteiger charge is 2.15. The molecule has 0 spiro atoms. The largest absolute Gasteiger partial charge is 0.496 e. The minimum atomic E-state index is -0.405. The molecule has 0 saturated carbocycles. The van der Waals surface area contributed by atoms with Crippen molar-refractivity contribution < 1.29 is 4.74 Å². The smallest absolute Gasteiger partial charge is 0.266 e. The van der Waals surface area contributed by atoms with Crippen LogP contribution in [0.1, 0.15) is 11.1 Å². The first-order valence-corrected chi connectivity index (χ1v) is 7.52. The first-order valence-electron chi connectivity index (χ1n) is 7.52. The number of nitriles is 1. The lowest BCUT2D eigenvalue weighted by atomic mass is 9.98. The van der Waals surface area contributed by atoms with Crippen molar-refractivity contribution in [3.8, 4) is 34.2 Å². The van der Waals surface area contributed by atoms with Crippen LogP contribution in [-0.2, 0) is 0 Å². The molecule has 0 unspecified atom stereocenters. The van der Waals surface area contributed by atoms with Gasteiger partial charge in [0.15, 0.2) is 0 Å². The van der Waals surface area contributed by atoms with Crippen LogP contribution < -0.4 is 10.3 Å². The lowest BCUT2D eigenvalue weighted by Crippen LogP contribution is -2.13. The van der Waals surface area contributed by atoms with Crippen molar-refractivity contribution in [2.45, 2.75) is 6.92 Å². The number of methoxy groups -OCH3 is 1. The van der Waals surface area contributed by atoms with E-state index in [0.717, 1.165) is 16.7 Å². The molecular formula is C20H16N2O2. The predicted octanol–water partition coefficient (Wildman–Crippen LogP) is 3.90. The topological polar surface area (TPSA) is 65.9 Å². The second-order valence-electron chi connectivity index (χ2n) is 5.48. The summed E-state index contributed by atoms with van der Waals surface area (Å²) in [6.07, 6.45) is 0. The number of aromatic nitrogens is 1. The Hall–Kier alpha value is -3.32. The molecule has 1 N–H and O–H groups in total. The molecule has 118 valence electrons. The summed E-state index contributed by atoms with van der Waals surface area (Å²) in [7, 11) is 1.57. The molecule has 1 aromatic heterocycles. The maximum atomic E-state index is 12.4. The third-order valence-corrected chi connectivity index (χ3v) is 3.87. The van der Waals surface area contributed by atoms with Gasteiger partial charge in [-0.25, -0.2) is 0 Å². The number of nitrogens with zero attached hydrogens (tertiary/aromatic N) is 1. The fourth-order valence-corrected chi connectivity index (χ4v) is 2.72. The van der Waals surface area contributed by atoms with E-state index in [-0.39, 0.29) is 5.56 Å². The summed E-state index contributed by atoms with van der Waals surface area (Å²) in [5.74, 6) is 0.620. The Morgan fingerprint density at radius 3 is 2.54 bits per heavy atom. The highest BCUT2D eigenvalue weighted by molar-refractivity contribution is 5.79. The third kappa shape index (κ3) is 2.80. The van der Waals surface area contributed by atoms with Gasteiger partial charge in [-0.05, 0) is 30.7 Å². The number of aryl methyl sites for hydroxylation is 1. The van der Waals surface area contributed by atoms with Gasteiger partial charge in [0.1, 0.15) is 17.4 Å². The summed E-state index contributed by atoms with van der Waals surface area (Å²) in [6, 6.07) is 19.0. The van der Waals surface area contributed by atoms with Gasteiger partial charge in [-0.15, -0.1) is 0 Å². The molecule has 0 atom stereocenters. The monoisotopic (exact) mass is 316 g/mol. The number of nitrogens with one attached hydrogen (secondary N) is 1. The maximum absolute atomic E-state index is 12.4. The summed E-state index contributed by atoms with van der Waals surface area (Å²) < 4.78 is 5.38. The molecule has 0 aliphatic heterocycles. The zero-order valence-electron chi connectivity index (χ0n) is 13.5. The summed E-state index contributed by atoms with van der Waals surface area (Å²) in [5.41, 5.74) is 3.62. The van der Waals surface area contributed by atoms with Crippen molar-refractivity contribution in [2.24, 2.45) is 0 Å². The highest BCUT2D eigenvalue weighted by Crippen LogP contribution is 2.32. The summed E-state index contributed by atoms with van der Waals surface area (Å²) in [5, 5.41) is 9.42. The number of benzene rings is 2.